The summed E-state index contributed by atoms with van der Waals surface area (Å²) in [5.41, 5.74) is 4.93. The molecule has 3 aromatic rings. The Morgan fingerprint density at radius 3 is 2.62 bits per heavy atom. The van der Waals surface area contributed by atoms with Crippen LogP contribution in [0.3, 0.4) is 0 Å². The van der Waals surface area contributed by atoms with Gasteiger partial charge in [-0.1, -0.05) is 42.5 Å². The van der Waals surface area contributed by atoms with Crippen molar-refractivity contribution in [3.05, 3.63) is 70.9 Å². The number of hydrogen-bond acceptors (Lipinski definition) is 1. The van der Waals surface area contributed by atoms with E-state index in [0.717, 1.165) is 22.0 Å². The SMILES string of the molecule is Cc1ccc2c(C)c(C(=O)NCc3ccccc3)[nH]c2c1. The highest BCUT2D eigenvalue weighted by atomic mass is 16.1. The Hall–Kier alpha value is -2.55. The summed E-state index contributed by atoms with van der Waals surface area (Å²) >= 11 is 0. The number of rotatable bonds is 3. The van der Waals surface area contributed by atoms with E-state index in [0.29, 0.717) is 12.2 Å². The van der Waals surface area contributed by atoms with Crippen molar-refractivity contribution in [1.82, 2.24) is 10.3 Å². The molecule has 3 nitrogen and oxygen atoms in total. The van der Waals surface area contributed by atoms with Crippen molar-refractivity contribution in [2.45, 2.75) is 20.4 Å². The number of fused-ring (bicyclic) bond motifs is 1. The molecule has 106 valence electrons. The number of hydrogen-bond donors (Lipinski definition) is 2. The molecule has 0 saturated carbocycles. The minimum Gasteiger partial charge on any atom is -0.350 e. The standard InChI is InChI=1S/C18H18N2O/c1-12-8-9-15-13(2)17(20-16(15)10-12)18(21)19-11-14-6-4-3-5-7-14/h3-10,20H,11H2,1-2H3,(H,19,21). The molecule has 0 saturated heterocycles. The molecule has 0 unspecified atom stereocenters. The fourth-order valence-corrected chi connectivity index (χ4v) is 2.55. The molecule has 0 aliphatic rings. The molecular formula is C18H18N2O. The van der Waals surface area contributed by atoms with Gasteiger partial charge in [-0.3, -0.25) is 4.79 Å². The normalized spacial score (nSPS) is 10.8. The third-order valence-electron chi connectivity index (χ3n) is 3.74. The van der Waals surface area contributed by atoms with Crippen molar-refractivity contribution in [3.63, 3.8) is 0 Å². The first kappa shape index (κ1) is 13.4. The number of H-pyrrole nitrogens is 1. The van der Waals surface area contributed by atoms with Gasteiger partial charge in [-0.25, -0.2) is 0 Å². The largest absolute Gasteiger partial charge is 0.350 e. The van der Waals surface area contributed by atoms with Gasteiger partial charge < -0.3 is 10.3 Å². The smallest absolute Gasteiger partial charge is 0.268 e. The summed E-state index contributed by atoms with van der Waals surface area (Å²) in [6.45, 7) is 4.56. The predicted octanol–water partition coefficient (Wildman–Crippen LogP) is 3.71. The van der Waals surface area contributed by atoms with E-state index in [1.54, 1.807) is 0 Å². The van der Waals surface area contributed by atoms with Crippen molar-refractivity contribution in [2.24, 2.45) is 0 Å². The summed E-state index contributed by atoms with van der Waals surface area (Å²) in [5, 5.41) is 4.06. The minimum atomic E-state index is -0.0646. The molecule has 3 heteroatoms. The number of aromatic amines is 1. The number of carbonyl (C=O) groups excluding carboxylic acids is 1. The summed E-state index contributed by atoms with van der Waals surface area (Å²) in [6.07, 6.45) is 0. The lowest BCUT2D eigenvalue weighted by Crippen LogP contribution is -2.23. The van der Waals surface area contributed by atoms with Crippen LogP contribution in [0.15, 0.2) is 48.5 Å². The van der Waals surface area contributed by atoms with Gasteiger partial charge in [-0.05, 0) is 36.6 Å². The van der Waals surface area contributed by atoms with Crippen molar-refractivity contribution < 1.29 is 4.79 Å². The van der Waals surface area contributed by atoms with Crippen molar-refractivity contribution in [2.75, 3.05) is 0 Å². The number of aromatic nitrogens is 1. The maximum absolute atomic E-state index is 12.4. The quantitative estimate of drug-likeness (QED) is 0.753. The second kappa shape index (κ2) is 5.44. The molecule has 1 heterocycles. The summed E-state index contributed by atoms with van der Waals surface area (Å²) < 4.78 is 0. The van der Waals surface area contributed by atoms with Crippen LogP contribution < -0.4 is 5.32 Å². The van der Waals surface area contributed by atoms with Crippen molar-refractivity contribution in [3.8, 4) is 0 Å². The Morgan fingerprint density at radius 1 is 1.10 bits per heavy atom. The molecule has 2 aromatic carbocycles. The van der Waals surface area contributed by atoms with E-state index in [1.807, 2.05) is 44.2 Å². The number of aryl methyl sites for hydroxylation is 2. The Labute approximate surface area is 124 Å². The van der Waals surface area contributed by atoms with E-state index in [1.165, 1.54) is 5.56 Å². The number of carbonyl (C=O) groups is 1. The van der Waals surface area contributed by atoms with E-state index in [9.17, 15) is 4.79 Å². The van der Waals surface area contributed by atoms with Gasteiger partial charge in [0.15, 0.2) is 0 Å². The maximum Gasteiger partial charge on any atom is 0.268 e. The fourth-order valence-electron chi connectivity index (χ4n) is 2.55. The van der Waals surface area contributed by atoms with Crippen LogP contribution in [0.1, 0.15) is 27.2 Å². The summed E-state index contributed by atoms with van der Waals surface area (Å²) in [4.78, 5) is 15.6. The molecule has 3 rings (SSSR count). The number of nitrogens with one attached hydrogen (secondary N) is 2. The van der Waals surface area contributed by atoms with Crippen LogP contribution in [0.2, 0.25) is 0 Å². The molecular weight excluding hydrogens is 260 g/mol. The first-order valence-corrected chi connectivity index (χ1v) is 7.06. The molecule has 0 atom stereocenters. The summed E-state index contributed by atoms with van der Waals surface area (Å²) in [6, 6.07) is 16.1. The highest BCUT2D eigenvalue weighted by Crippen LogP contribution is 2.22. The third kappa shape index (κ3) is 2.68. The topological polar surface area (TPSA) is 44.9 Å². The van der Waals surface area contributed by atoms with Crippen LogP contribution >= 0.6 is 0 Å². The van der Waals surface area contributed by atoms with Crippen LogP contribution in [0.5, 0.6) is 0 Å². The van der Waals surface area contributed by atoms with E-state index >= 15 is 0 Å². The van der Waals surface area contributed by atoms with Crippen molar-refractivity contribution >= 4 is 16.8 Å². The lowest BCUT2D eigenvalue weighted by molar-refractivity contribution is 0.0946. The molecule has 0 aliphatic carbocycles. The molecule has 0 fully saturated rings. The van der Waals surface area contributed by atoms with E-state index in [4.69, 9.17) is 0 Å². The summed E-state index contributed by atoms with van der Waals surface area (Å²) in [5.74, 6) is -0.0646. The van der Waals surface area contributed by atoms with Crippen LogP contribution in [0.4, 0.5) is 0 Å². The zero-order valence-electron chi connectivity index (χ0n) is 12.2. The second-order valence-corrected chi connectivity index (χ2v) is 5.34. The Balaban J connectivity index is 1.83. The highest BCUT2D eigenvalue weighted by molar-refractivity contribution is 6.00. The minimum absolute atomic E-state index is 0.0646. The van der Waals surface area contributed by atoms with Gasteiger partial charge in [-0.2, -0.15) is 0 Å². The molecule has 1 amide bonds. The molecule has 0 spiro atoms. The van der Waals surface area contributed by atoms with E-state index in [-0.39, 0.29) is 5.91 Å². The third-order valence-corrected chi connectivity index (χ3v) is 3.74. The monoisotopic (exact) mass is 278 g/mol. The second-order valence-electron chi connectivity index (χ2n) is 5.34. The fraction of sp³-hybridized carbons (Fsp3) is 0.167. The van der Waals surface area contributed by atoms with Gasteiger partial charge in [0.05, 0.1) is 0 Å². The zero-order chi connectivity index (χ0) is 14.8. The predicted molar refractivity (Wildman–Crippen MR) is 85.4 cm³/mol. The van der Waals surface area contributed by atoms with Crippen LogP contribution in [0.25, 0.3) is 10.9 Å². The van der Waals surface area contributed by atoms with Gasteiger partial charge >= 0.3 is 0 Å². The molecule has 1 aromatic heterocycles. The molecule has 0 aliphatic heterocycles. The lowest BCUT2D eigenvalue weighted by Gasteiger charge is -2.04. The first-order valence-electron chi connectivity index (χ1n) is 7.06. The highest BCUT2D eigenvalue weighted by Gasteiger charge is 2.14. The van der Waals surface area contributed by atoms with Gasteiger partial charge in [0.1, 0.15) is 5.69 Å². The Kier molecular flexibility index (Phi) is 3.48. The zero-order valence-corrected chi connectivity index (χ0v) is 12.2. The van der Waals surface area contributed by atoms with E-state index in [2.05, 4.69) is 28.5 Å². The molecule has 21 heavy (non-hydrogen) atoms. The molecule has 2 N–H and O–H groups in total. The first-order chi connectivity index (χ1) is 10.1. The molecule has 0 radical (unpaired) electrons. The Bertz CT molecular complexity index is 788. The average molecular weight is 278 g/mol. The molecule has 0 bridgehead atoms. The Morgan fingerprint density at radius 2 is 1.86 bits per heavy atom. The van der Waals surface area contributed by atoms with Crippen LogP contribution in [-0.2, 0) is 6.54 Å². The van der Waals surface area contributed by atoms with Gasteiger partial charge in [-0.15, -0.1) is 0 Å². The number of amides is 1. The van der Waals surface area contributed by atoms with Crippen LogP contribution in [0, 0.1) is 13.8 Å². The van der Waals surface area contributed by atoms with Crippen molar-refractivity contribution in [1.29, 1.82) is 0 Å². The van der Waals surface area contributed by atoms with Gasteiger partial charge in [0.2, 0.25) is 0 Å². The van der Waals surface area contributed by atoms with E-state index < -0.39 is 0 Å². The average Bonchev–Trinajstić information content (AvgIpc) is 2.82. The lowest BCUT2D eigenvalue weighted by atomic mass is 10.1. The van der Waals surface area contributed by atoms with Gasteiger partial charge in [0.25, 0.3) is 5.91 Å². The number of benzene rings is 2. The maximum atomic E-state index is 12.4. The van der Waals surface area contributed by atoms with Crippen LogP contribution in [-0.4, -0.2) is 10.9 Å². The van der Waals surface area contributed by atoms with Gasteiger partial charge in [0, 0.05) is 17.4 Å². The summed E-state index contributed by atoms with van der Waals surface area (Å²) in [7, 11) is 0.